The highest BCUT2D eigenvalue weighted by Crippen LogP contribution is 2.27. The lowest BCUT2D eigenvalue weighted by Crippen LogP contribution is -2.45. The Balaban J connectivity index is 1.41. The number of nitrogens with one attached hydrogen (secondary N) is 2. The molecule has 2 saturated heterocycles. The first-order chi connectivity index (χ1) is 13.2. The number of nitrogens with zero attached hydrogens (tertiary/aromatic N) is 1. The summed E-state index contributed by atoms with van der Waals surface area (Å²) in [6.45, 7) is 5.13. The van der Waals surface area contributed by atoms with Gasteiger partial charge >= 0.3 is 11.8 Å². The number of hydrogen-bond acceptors (Lipinski definition) is 5. The lowest BCUT2D eigenvalue weighted by Gasteiger charge is -2.35. The molecule has 148 valence electrons. The molecule has 2 N–H and O–H groups in total. The SMILES string of the molecule is CCOc1ccccc1NC(=O)C(=O)NCC1CCN(C2CCSC2)CC1. The van der Waals surface area contributed by atoms with Gasteiger partial charge in [0.05, 0.1) is 12.3 Å². The van der Waals surface area contributed by atoms with Crippen molar-refractivity contribution in [2.45, 2.75) is 32.2 Å². The van der Waals surface area contributed by atoms with E-state index in [4.69, 9.17) is 4.74 Å². The lowest BCUT2D eigenvalue weighted by molar-refractivity contribution is -0.136. The molecule has 1 atom stereocenters. The number of carbonyl (C=O) groups is 2. The van der Waals surface area contributed by atoms with Crippen LogP contribution in [0, 0.1) is 5.92 Å². The molecule has 0 aromatic heterocycles. The summed E-state index contributed by atoms with van der Waals surface area (Å²) in [7, 11) is 0. The van der Waals surface area contributed by atoms with Gasteiger partial charge in [0.15, 0.2) is 0 Å². The minimum absolute atomic E-state index is 0.447. The predicted molar refractivity (Wildman–Crippen MR) is 109 cm³/mol. The minimum Gasteiger partial charge on any atom is -0.492 e. The fourth-order valence-corrected chi connectivity index (χ4v) is 4.93. The van der Waals surface area contributed by atoms with Gasteiger partial charge in [0.2, 0.25) is 0 Å². The molecule has 7 heteroatoms. The first kappa shape index (κ1) is 20.0. The van der Waals surface area contributed by atoms with E-state index in [2.05, 4.69) is 15.5 Å². The Labute approximate surface area is 165 Å². The van der Waals surface area contributed by atoms with Crippen LogP contribution in [0.15, 0.2) is 24.3 Å². The van der Waals surface area contributed by atoms with Gasteiger partial charge in [-0.15, -0.1) is 0 Å². The zero-order valence-electron chi connectivity index (χ0n) is 15.9. The van der Waals surface area contributed by atoms with Gasteiger partial charge in [0, 0.05) is 18.3 Å². The number of anilines is 1. The summed E-state index contributed by atoms with van der Waals surface area (Å²) in [5.41, 5.74) is 0.516. The van der Waals surface area contributed by atoms with Crippen LogP contribution >= 0.6 is 11.8 Å². The molecule has 0 radical (unpaired) electrons. The van der Waals surface area contributed by atoms with Gasteiger partial charge in [-0.3, -0.25) is 14.5 Å². The van der Waals surface area contributed by atoms with E-state index >= 15 is 0 Å². The molecule has 0 spiro atoms. The maximum atomic E-state index is 12.2. The number of thioether (sulfide) groups is 1. The van der Waals surface area contributed by atoms with E-state index in [1.807, 2.05) is 24.8 Å². The molecule has 3 rings (SSSR count). The predicted octanol–water partition coefficient (Wildman–Crippen LogP) is 2.36. The van der Waals surface area contributed by atoms with Crippen LogP contribution in [-0.4, -0.2) is 60.5 Å². The van der Waals surface area contributed by atoms with Crippen molar-refractivity contribution < 1.29 is 14.3 Å². The van der Waals surface area contributed by atoms with Gasteiger partial charge in [0.25, 0.3) is 0 Å². The van der Waals surface area contributed by atoms with Gasteiger partial charge in [-0.2, -0.15) is 11.8 Å². The summed E-state index contributed by atoms with van der Waals surface area (Å²) in [6.07, 6.45) is 3.46. The maximum absolute atomic E-state index is 12.2. The van der Waals surface area contributed by atoms with Crippen molar-refractivity contribution >= 4 is 29.3 Å². The molecule has 2 aliphatic heterocycles. The van der Waals surface area contributed by atoms with Crippen LogP contribution in [0.1, 0.15) is 26.2 Å². The lowest BCUT2D eigenvalue weighted by atomic mass is 9.95. The van der Waals surface area contributed by atoms with Crippen molar-refractivity contribution in [3.05, 3.63) is 24.3 Å². The Morgan fingerprint density at radius 1 is 1.19 bits per heavy atom. The largest absolute Gasteiger partial charge is 0.492 e. The molecule has 2 amide bonds. The summed E-state index contributed by atoms with van der Waals surface area (Å²) >= 11 is 2.05. The Bertz CT molecular complexity index is 641. The van der Waals surface area contributed by atoms with Crippen LogP contribution < -0.4 is 15.4 Å². The molecule has 0 saturated carbocycles. The third-order valence-corrected chi connectivity index (χ3v) is 6.41. The number of rotatable bonds is 6. The van der Waals surface area contributed by atoms with E-state index in [0.29, 0.717) is 30.5 Å². The number of piperidine rings is 1. The monoisotopic (exact) mass is 391 g/mol. The standard InChI is InChI=1S/C20H29N3O3S/c1-2-26-18-6-4-3-5-17(18)22-20(25)19(24)21-13-15-7-10-23(11-8-15)16-9-12-27-14-16/h3-6,15-16H,2,7-14H2,1H3,(H,21,24)(H,22,25). The summed E-state index contributed by atoms with van der Waals surface area (Å²) in [5, 5.41) is 5.43. The van der Waals surface area contributed by atoms with Crippen molar-refractivity contribution in [1.29, 1.82) is 0 Å². The van der Waals surface area contributed by atoms with Crippen molar-refractivity contribution in [1.82, 2.24) is 10.2 Å². The normalized spacial score (nSPS) is 21.0. The van der Waals surface area contributed by atoms with Crippen molar-refractivity contribution in [2.75, 3.05) is 43.1 Å². The number of ether oxygens (including phenoxy) is 1. The van der Waals surface area contributed by atoms with Crippen LogP contribution in [0.5, 0.6) is 5.75 Å². The molecular formula is C20H29N3O3S. The van der Waals surface area contributed by atoms with Crippen LogP contribution in [-0.2, 0) is 9.59 Å². The quantitative estimate of drug-likeness (QED) is 0.729. The van der Waals surface area contributed by atoms with Crippen molar-refractivity contribution in [3.8, 4) is 5.75 Å². The second-order valence-corrected chi connectivity index (χ2v) is 8.24. The first-order valence-corrected chi connectivity index (χ1v) is 11.0. The topological polar surface area (TPSA) is 70.7 Å². The van der Waals surface area contributed by atoms with E-state index in [0.717, 1.165) is 32.0 Å². The second kappa shape index (κ2) is 9.99. The number of para-hydroxylation sites is 2. The zero-order chi connectivity index (χ0) is 19.1. The van der Waals surface area contributed by atoms with Crippen molar-refractivity contribution in [2.24, 2.45) is 5.92 Å². The van der Waals surface area contributed by atoms with Crippen LogP contribution in [0.25, 0.3) is 0 Å². The molecule has 27 heavy (non-hydrogen) atoms. The average molecular weight is 392 g/mol. The van der Waals surface area contributed by atoms with Gasteiger partial charge < -0.3 is 15.4 Å². The van der Waals surface area contributed by atoms with E-state index in [-0.39, 0.29) is 0 Å². The third-order valence-electron chi connectivity index (χ3n) is 5.26. The molecule has 1 unspecified atom stereocenters. The summed E-state index contributed by atoms with van der Waals surface area (Å²) < 4.78 is 5.47. The van der Waals surface area contributed by atoms with E-state index in [9.17, 15) is 9.59 Å². The van der Waals surface area contributed by atoms with Crippen LogP contribution in [0.3, 0.4) is 0 Å². The maximum Gasteiger partial charge on any atom is 0.313 e. The second-order valence-electron chi connectivity index (χ2n) is 7.09. The fraction of sp³-hybridized carbons (Fsp3) is 0.600. The molecule has 1 aromatic rings. The van der Waals surface area contributed by atoms with Crippen LogP contribution in [0.2, 0.25) is 0 Å². The van der Waals surface area contributed by atoms with Gasteiger partial charge in [-0.05, 0) is 63.1 Å². The molecule has 2 aliphatic rings. The third kappa shape index (κ3) is 5.62. The summed E-state index contributed by atoms with van der Waals surface area (Å²) in [4.78, 5) is 26.9. The van der Waals surface area contributed by atoms with E-state index in [1.165, 1.54) is 17.9 Å². The highest BCUT2D eigenvalue weighted by atomic mass is 32.2. The number of hydrogen-bond donors (Lipinski definition) is 2. The minimum atomic E-state index is -0.650. The zero-order valence-corrected chi connectivity index (χ0v) is 16.7. The van der Waals surface area contributed by atoms with Gasteiger partial charge in [0.1, 0.15) is 5.75 Å². The van der Waals surface area contributed by atoms with Crippen molar-refractivity contribution in [3.63, 3.8) is 0 Å². The molecule has 2 fully saturated rings. The smallest absolute Gasteiger partial charge is 0.313 e. The first-order valence-electron chi connectivity index (χ1n) is 9.80. The van der Waals surface area contributed by atoms with Gasteiger partial charge in [-0.25, -0.2) is 0 Å². The van der Waals surface area contributed by atoms with E-state index in [1.54, 1.807) is 18.2 Å². The molecule has 6 nitrogen and oxygen atoms in total. The Kier molecular flexibility index (Phi) is 7.41. The molecule has 2 heterocycles. The summed E-state index contributed by atoms with van der Waals surface area (Å²) in [6, 6.07) is 7.87. The number of carbonyl (C=O) groups excluding carboxylic acids is 2. The number of benzene rings is 1. The summed E-state index contributed by atoms with van der Waals surface area (Å²) in [5.74, 6) is 2.31. The average Bonchev–Trinajstić information content (AvgIpc) is 3.23. The highest BCUT2D eigenvalue weighted by Gasteiger charge is 2.27. The Morgan fingerprint density at radius 3 is 2.67 bits per heavy atom. The molecule has 1 aromatic carbocycles. The number of amides is 2. The van der Waals surface area contributed by atoms with Crippen LogP contribution in [0.4, 0.5) is 5.69 Å². The molecule has 0 bridgehead atoms. The fourth-order valence-electron chi connectivity index (χ4n) is 3.68. The van der Waals surface area contributed by atoms with E-state index < -0.39 is 11.8 Å². The Morgan fingerprint density at radius 2 is 1.96 bits per heavy atom. The Hall–Kier alpha value is -1.73. The molecule has 0 aliphatic carbocycles. The van der Waals surface area contributed by atoms with Gasteiger partial charge in [-0.1, -0.05) is 12.1 Å². The number of likely N-dealkylation sites (tertiary alicyclic amines) is 1. The molecular weight excluding hydrogens is 362 g/mol. The highest BCUT2D eigenvalue weighted by molar-refractivity contribution is 7.99.